The number of aliphatic hydroxyl groups excluding tert-OH is 1. The highest BCUT2D eigenvalue weighted by Gasteiger charge is 2.35. The van der Waals surface area contributed by atoms with Gasteiger partial charge in [-0.15, -0.1) is 0 Å². The maximum absolute atomic E-state index is 13.5. The molecule has 1 atom stereocenters. The number of hydrogen-bond acceptors (Lipinski definition) is 5. The summed E-state index contributed by atoms with van der Waals surface area (Å²) >= 11 is 6.09. The van der Waals surface area contributed by atoms with Gasteiger partial charge in [0.2, 0.25) is 11.8 Å². The predicted octanol–water partition coefficient (Wildman–Crippen LogP) is 2.87. The van der Waals surface area contributed by atoms with E-state index in [2.05, 4.69) is 15.6 Å². The summed E-state index contributed by atoms with van der Waals surface area (Å²) < 4.78 is 0. The van der Waals surface area contributed by atoms with Crippen molar-refractivity contribution in [3.63, 3.8) is 0 Å². The van der Waals surface area contributed by atoms with Gasteiger partial charge in [-0.05, 0) is 48.0 Å². The monoisotopic (exact) mass is 464 g/mol. The minimum Gasteiger partial charge on any atom is -0.387 e. The molecule has 0 radical (unpaired) electrons. The Balaban J connectivity index is 1.67. The molecule has 1 aromatic heterocycles. The Morgan fingerprint density at radius 3 is 2.61 bits per heavy atom. The molecule has 3 N–H and O–H groups in total. The Kier molecular flexibility index (Phi) is 6.67. The van der Waals surface area contributed by atoms with Crippen LogP contribution in [0.25, 0.3) is 0 Å². The van der Waals surface area contributed by atoms with Crippen LogP contribution in [0.1, 0.15) is 21.6 Å². The van der Waals surface area contributed by atoms with E-state index in [4.69, 9.17) is 16.7 Å². The van der Waals surface area contributed by atoms with E-state index in [9.17, 15) is 14.4 Å². The molecule has 4 rings (SSSR count). The van der Waals surface area contributed by atoms with E-state index in [0.717, 1.165) is 5.56 Å². The van der Waals surface area contributed by atoms with E-state index in [1.807, 2.05) is 12.1 Å². The summed E-state index contributed by atoms with van der Waals surface area (Å²) in [4.78, 5) is 44.0. The summed E-state index contributed by atoms with van der Waals surface area (Å²) in [5.74, 6) is -1.16. The van der Waals surface area contributed by atoms with Crippen LogP contribution in [-0.2, 0) is 22.6 Å². The van der Waals surface area contributed by atoms with E-state index in [-0.39, 0.29) is 24.8 Å². The first kappa shape index (κ1) is 22.4. The Morgan fingerprint density at radius 2 is 1.91 bits per heavy atom. The van der Waals surface area contributed by atoms with Crippen molar-refractivity contribution in [3.8, 4) is 0 Å². The molecule has 0 spiro atoms. The highest BCUT2D eigenvalue weighted by Crippen LogP contribution is 2.28. The van der Waals surface area contributed by atoms with Crippen molar-refractivity contribution >= 4 is 40.7 Å². The number of rotatable bonds is 6. The second-order valence-corrected chi connectivity index (χ2v) is 7.99. The van der Waals surface area contributed by atoms with Gasteiger partial charge in [-0.25, -0.2) is 0 Å². The number of aliphatic hydroxyl groups is 1. The fourth-order valence-electron chi connectivity index (χ4n) is 3.65. The molecule has 1 aliphatic rings. The molecule has 0 fully saturated rings. The zero-order valence-electron chi connectivity index (χ0n) is 17.5. The predicted molar refractivity (Wildman–Crippen MR) is 124 cm³/mol. The first-order valence-corrected chi connectivity index (χ1v) is 10.6. The van der Waals surface area contributed by atoms with Crippen LogP contribution in [0.15, 0.2) is 66.9 Å². The number of halogens is 1. The average molecular weight is 465 g/mol. The number of amides is 3. The number of fused-ring (bicyclic) bond motifs is 1. The van der Waals surface area contributed by atoms with Crippen molar-refractivity contribution in [1.82, 2.24) is 9.88 Å². The molecule has 0 saturated heterocycles. The lowest BCUT2D eigenvalue weighted by atomic mass is 10.1. The van der Waals surface area contributed by atoms with Crippen molar-refractivity contribution in [2.45, 2.75) is 19.0 Å². The standard InChI is InChI=1S/C24H21ClN4O4/c25-16-6-9-19-20(11-16)28-23(32)21(12-18-3-1-2-10-26-18)29(24(19)33)13-15-4-7-17(8-5-15)27-22(31)14-30/h1-11,21,30H,12-14H2,(H,27,31)(H,28,32)/t21-/m1/s1. The van der Waals surface area contributed by atoms with Gasteiger partial charge < -0.3 is 20.6 Å². The molecule has 0 saturated carbocycles. The van der Waals surface area contributed by atoms with Gasteiger partial charge in [-0.3, -0.25) is 19.4 Å². The van der Waals surface area contributed by atoms with Crippen LogP contribution >= 0.6 is 11.6 Å². The maximum Gasteiger partial charge on any atom is 0.256 e. The fraction of sp³-hybridized carbons (Fsp3) is 0.167. The SMILES string of the molecule is O=C(CO)Nc1ccc(CN2C(=O)c3ccc(Cl)cc3NC(=O)[C@H]2Cc2ccccn2)cc1. The first-order chi connectivity index (χ1) is 15.9. The largest absolute Gasteiger partial charge is 0.387 e. The molecule has 3 amide bonds. The van der Waals surface area contributed by atoms with Crippen molar-refractivity contribution in [2.24, 2.45) is 0 Å². The number of anilines is 2. The highest BCUT2D eigenvalue weighted by molar-refractivity contribution is 6.31. The molecule has 9 heteroatoms. The lowest BCUT2D eigenvalue weighted by Gasteiger charge is -2.28. The van der Waals surface area contributed by atoms with E-state index in [1.54, 1.807) is 54.7 Å². The molecule has 0 bridgehead atoms. The number of aromatic nitrogens is 1. The van der Waals surface area contributed by atoms with Gasteiger partial charge in [0.15, 0.2) is 0 Å². The average Bonchev–Trinajstić information content (AvgIpc) is 2.90. The molecular weight excluding hydrogens is 444 g/mol. The molecule has 3 aromatic rings. The van der Waals surface area contributed by atoms with Crippen LogP contribution in [-0.4, -0.2) is 45.4 Å². The minimum absolute atomic E-state index is 0.167. The Hall–Kier alpha value is -3.75. The maximum atomic E-state index is 13.5. The molecule has 0 unspecified atom stereocenters. The lowest BCUT2D eigenvalue weighted by molar-refractivity contribution is -0.120. The van der Waals surface area contributed by atoms with Crippen molar-refractivity contribution < 1.29 is 19.5 Å². The minimum atomic E-state index is -0.799. The smallest absolute Gasteiger partial charge is 0.256 e. The topological polar surface area (TPSA) is 112 Å². The van der Waals surface area contributed by atoms with Gasteiger partial charge in [-0.1, -0.05) is 29.8 Å². The molecule has 168 valence electrons. The molecule has 2 aromatic carbocycles. The number of nitrogens with zero attached hydrogens (tertiary/aromatic N) is 2. The number of benzene rings is 2. The van der Waals surface area contributed by atoms with Gasteiger partial charge in [0.05, 0.1) is 11.3 Å². The molecule has 2 heterocycles. The number of nitrogens with one attached hydrogen (secondary N) is 2. The lowest BCUT2D eigenvalue weighted by Crippen LogP contribution is -2.46. The second-order valence-electron chi connectivity index (χ2n) is 7.56. The van der Waals surface area contributed by atoms with Crippen molar-refractivity contribution in [3.05, 3.63) is 88.7 Å². The van der Waals surface area contributed by atoms with E-state index in [1.165, 1.54) is 4.90 Å². The normalized spacial score (nSPS) is 15.5. The van der Waals surface area contributed by atoms with E-state index < -0.39 is 18.6 Å². The number of hydrogen-bond donors (Lipinski definition) is 3. The van der Waals surface area contributed by atoms with Crippen LogP contribution in [0.2, 0.25) is 5.02 Å². The summed E-state index contributed by atoms with van der Waals surface area (Å²) in [5.41, 5.74) is 2.68. The number of carbonyl (C=O) groups excluding carboxylic acids is 3. The highest BCUT2D eigenvalue weighted by atomic mass is 35.5. The number of pyridine rings is 1. The molecule has 33 heavy (non-hydrogen) atoms. The third-order valence-corrected chi connectivity index (χ3v) is 5.51. The summed E-state index contributed by atoms with van der Waals surface area (Å²) in [7, 11) is 0. The van der Waals surface area contributed by atoms with Crippen molar-refractivity contribution in [1.29, 1.82) is 0 Å². The number of carbonyl (C=O) groups is 3. The quantitative estimate of drug-likeness (QED) is 0.519. The van der Waals surface area contributed by atoms with Gasteiger partial charge in [-0.2, -0.15) is 0 Å². The first-order valence-electron chi connectivity index (χ1n) is 10.3. The zero-order valence-corrected chi connectivity index (χ0v) is 18.2. The Morgan fingerprint density at radius 1 is 1.12 bits per heavy atom. The zero-order chi connectivity index (χ0) is 23.4. The van der Waals surface area contributed by atoms with Crippen LogP contribution < -0.4 is 10.6 Å². The van der Waals surface area contributed by atoms with Crippen LogP contribution in [0.4, 0.5) is 11.4 Å². The third-order valence-electron chi connectivity index (χ3n) is 5.27. The van der Waals surface area contributed by atoms with Crippen LogP contribution in [0, 0.1) is 0 Å². The van der Waals surface area contributed by atoms with Crippen molar-refractivity contribution in [2.75, 3.05) is 17.2 Å². The van der Waals surface area contributed by atoms with Gasteiger partial charge in [0, 0.05) is 35.6 Å². The fourth-order valence-corrected chi connectivity index (χ4v) is 3.82. The molecular formula is C24H21ClN4O4. The molecule has 0 aliphatic carbocycles. The summed E-state index contributed by atoms with van der Waals surface area (Å²) in [6.07, 6.45) is 1.88. The summed E-state index contributed by atoms with van der Waals surface area (Å²) in [6.45, 7) is -0.447. The summed E-state index contributed by atoms with van der Waals surface area (Å²) in [5, 5.41) is 14.7. The van der Waals surface area contributed by atoms with E-state index >= 15 is 0 Å². The Bertz CT molecular complexity index is 1180. The molecule has 8 nitrogen and oxygen atoms in total. The summed E-state index contributed by atoms with van der Waals surface area (Å²) in [6, 6.07) is 16.3. The van der Waals surface area contributed by atoms with E-state index in [0.29, 0.717) is 27.7 Å². The molecule has 1 aliphatic heterocycles. The van der Waals surface area contributed by atoms with Gasteiger partial charge in [0.1, 0.15) is 12.6 Å². The van der Waals surface area contributed by atoms with Crippen LogP contribution in [0.5, 0.6) is 0 Å². The van der Waals surface area contributed by atoms with Crippen LogP contribution in [0.3, 0.4) is 0 Å². The third kappa shape index (κ3) is 5.19. The van der Waals surface area contributed by atoms with Gasteiger partial charge in [0.25, 0.3) is 5.91 Å². The second kappa shape index (κ2) is 9.81. The van der Waals surface area contributed by atoms with Gasteiger partial charge >= 0.3 is 0 Å². The Labute approximate surface area is 195 Å².